The highest BCUT2D eigenvalue weighted by Gasteiger charge is 2.48. The Morgan fingerprint density at radius 1 is 1.29 bits per heavy atom. The molecule has 6 nitrogen and oxygen atoms in total. The summed E-state index contributed by atoms with van der Waals surface area (Å²) in [6, 6.07) is 3.15. The van der Waals surface area contributed by atoms with E-state index in [4.69, 9.17) is 16.3 Å². The first kappa shape index (κ1) is 22.3. The van der Waals surface area contributed by atoms with Crippen molar-refractivity contribution in [3.05, 3.63) is 28.8 Å². The van der Waals surface area contributed by atoms with Crippen LogP contribution < -0.4 is 10.1 Å². The lowest BCUT2D eigenvalue weighted by atomic mass is 9.74. The molecular formula is C18H21ClF3NO5. The number of ether oxygens (including phenoxy) is 2. The van der Waals surface area contributed by atoms with E-state index in [9.17, 15) is 27.9 Å². The molecule has 1 aromatic carbocycles. The molecule has 2 atom stereocenters. The number of ketones is 1. The fourth-order valence-electron chi connectivity index (χ4n) is 3.06. The maximum atomic E-state index is 12.8. The third kappa shape index (κ3) is 5.51. The van der Waals surface area contributed by atoms with Gasteiger partial charge in [0, 0.05) is 5.02 Å². The van der Waals surface area contributed by atoms with Crippen molar-refractivity contribution in [3.63, 3.8) is 0 Å². The lowest BCUT2D eigenvalue weighted by Gasteiger charge is -2.39. The number of hydrogen-bond donors (Lipinski definition) is 2. The molecule has 0 radical (unpaired) electrons. The van der Waals surface area contributed by atoms with Crippen molar-refractivity contribution in [1.29, 1.82) is 0 Å². The highest BCUT2D eigenvalue weighted by Crippen LogP contribution is 2.39. The molecule has 2 unspecified atom stereocenters. The van der Waals surface area contributed by atoms with Crippen molar-refractivity contribution < 1.29 is 37.3 Å². The number of hydrogen-bond acceptors (Lipinski definition) is 5. The molecule has 1 saturated carbocycles. The second-order valence-electron chi connectivity index (χ2n) is 7.53. The number of alkyl halides is 3. The molecule has 1 aliphatic carbocycles. The van der Waals surface area contributed by atoms with Gasteiger partial charge in [0.05, 0.1) is 0 Å². The fourth-order valence-corrected chi connectivity index (χ4v) is 3.29. The van der Waals surface area contributed by atoms with Gasteiger partial charge in [0.2, 0.25) is 0 Å². The van der Waals surface area contributed by atoms with Gasteiger partial charge in [-0.1, -0.05) is 11.6 Å². The predicted octanol–water partition coefficient (Wildman–Crippen LogP) is 4.07. The first-order chi connectivity index (χ1) is 12.7. The first-order valence-electron chi connectivity index (χ1n) is 8.52. The van der Waals surface area contributed by atoms with Gasteiger partial charge in [-0.15, -0.1) is 13.2 Å². The summed E-state index contributed by atoms with van der Waals surface area (Å²) in [5, 5.41) is 12.4. The third-order valence-corrected chi connectivity index (χ3v) is 4.28. The van der Waals surface area contributed by atoms with Crippen LogP contribution in [0.3, 0.4) is 0 Å². The minimum Gasteiger partial charge on any atom is -0.444 e. The molecule has 0 spiro atoms. The molecular weight excluding hydrogens is 403 g/mol. The van der Waals surface area contributed by atoms with Crippen molar-refractivity contribution in [3.8, 4) is 5.75 Å². The largest absolute Gasteiger partial charge is 0.573 e. The molecule has 2 rings (SSSR count). The molecule has 0 saturated heterocycles. The number of aliphatic hydroxyl groups excluding tert-OH is 1. The Morgan fingerprint density at radius 3 is 2.50 bits per heavy atom. The van der Waals surface area contributed by atoms with Gasteiger partial charge in [-0.3, -0.25) is 4.79 Å². The maximum Gasteiger partial charge on any atom is 0.573 e. The fraction of sp³-hybridized carbons (Fsp3) is 0.556. The summed E-state index contributed by atoms with van der Waals surface area (Å²) in [5.41, 5.74) is -2.70. The van der Waals surface area contributed by atoms with Crippen LogP contribution in [0.15, 0.2) is 18.2 Å². The Hall–Kier alpha value is -2.00. The number of nitrogens with one attached hydrogen (secondary N) is 1. The van der Waals surface area contributed by atoms with Gasteiger partial charge < -0.3 is 19.9 Å². The van der Waals surface area contributed by atoms with Gasteiger partial charge in [-0.05, 0) is 63.8 Å². The molecule has 1 aliphatic rings. The molecule has 1 amide bonds. The molecule has 2 N–H and O–H groups in total. The molecule has 28 heavy (non-hydrogen) atoms. The van der Waals surface area contributed by atoms with E-state index in [1.807, 2.05) is 0 Å². The maximum absolute atomic E-state index is 12.8. The van der Waals surface area contributed by atoms with Gasteiger partial charge >= 0.3 is 12.5 Å². The van der Waals surface area contributed by atoms with Gasteiger partial charge in [-0.2, -0.15) is 0 Å². The number of benzene rings is 1. The van der Waals surface area contributed by atoms with Crippen LogP contribution in [0.2, 0.25) is 5.02 Å². The van der Waals surface area contributed by atoms with Gasteiger partial charge in [-0.25, -0.2) is 4.79 Å². The van der Waals surface area contributed by atoms with E-state index in [1.165, 1.54) is 6.07 Å². The monoisotopic (exact) mass is 423 g/mol. The smallest absolute Gasteiger partial charge is 0.444 e. The Bertz CT molecular complexity index is 763. The summed E-state index contributed by atoms with van der Waals surface area (Å²) >= 11 is 5.92. The highest BCUT2D eigenvalue weighted by atomic mass is 35.5. The number of carbonyl (C=O) groups is 2. The standard InChI is InChI=1S/C18H21ClF3NO5/c1-16(2,3)28-15(26)23-17(6-4-5-13(24)14(17)25)10-7-11(19)9-12(8-10)27-18(20,21)22/h7-9,13,24H,4-6H2,1-3H3,(H,23,26). The number of aliphatic hydroxyl groups is 1. The summed E-state index contributed by atoms with van der Waals surface area (Å²) in [7, 11) is 0. The van der Waals surface area contributed by atoms with Crippen molar-refractivity contribution in [2.24, 2.45) is 0 Å². The van der Waals surface area contributed by atoms with Crippen LogP contribution in [0.1, 0.15) is 45.6 Å². The molecule has 0 aromatic heterocycles. The summed E-state index contributed by atoms with van der Waals surface area (Å²) in [6.45, 7) is 4.85. The minimum atomic E-state index is -4.97. The van der Waals surface area contributed by atoms with E-state index >= 15 is 0 Å². The summed E-state index contributed by atoms with van der Waals surface area (Å²) in [6.07, 6.45) is -6.76. The van der Waals surface area contributed by atoms with Crippen LogP contribution in [-0.2, 0) is 15.1 Å². The van der Waals surface area contributed by atoms with Gasteiger partial charge in [0.15, 0.2) is 5.78 Å². The SMILES string of the molecule is CC(C)(C)OC(=O)NC1(c2cc(Cl)cc(OC(F)(F)F)c2)CCCC(O)C1=O. The summed E-state index contributed by atoms with van der Waals surface area (Å²) in [5.74, 6) is -1.40. The van der Waals surface area contributed by atoms with Crippen LogP contribution in [0.25, 0.3) is 0 Å². The number of amides is 1. The van der Waals surface area contributed by atoms with Crippen LogP contribution in [0, 0.1) is 0 Å². The lowest BCUT2D eigenvalue weighted by molar-refractivity contribution is -0.274. The molecule has 0 aliphatic heterocycles. The number of Topliss-reactive ketones (excluding diaryl/α,β-unsaturated/α-hetero) is 1. The normalized spacial score (nSPS) is 23.3. The Morgan fingerprint density at radius 2 is 1.93 bits per heavy atom. The summed E-state index contributed by atoms with van der Waals surface area (Å²) < 4.78 is 46.9. The number of rotatable bonds is 3. The topological polar surface area (TPSA) is 84.9 Å². The Kier molecular flexibility index (Phi) is 6.20. The lowest BCUT2D eigenvalue weighted by Crippen LogP contribution is -2.58. The highest BCUT2D eigenvalue weighted by molar-refractivity contribution is 6.30. The van der Waals surface area contributed by atoms with Crippen LogP contribution in [0.4, 0.5) is 18.0 Å². The van der Waals surface area contributed by atoms with Gasteiger partial charge in [0.1, 0.15) is 23.0 Å². The van der Waals surface area contributed by atoms with Crippen molar-refractivity contribution in [2.75, 3.05) is 0 Å². The van der Waals surface area contributed by atoms with Crippen LogP contribution >= 0.6 is 11.6 Å². The van der Waals surface area contributed by atoms with E-state index in [2.05, 4.69) is 10.1 Å². The second-order valence-corrected chi connectivity index (χ2v) is 7.96. The zero-order valence-electron chi connectivity index (χ0n) is 15.5. The number of alkyl carbamates (subject to hydrolysis) is 1. The Balaban J connectivity index is 2.51. The zero-order valence-corrected chi connectivity index (χ0v) is 16.3. The quantitative estimate of drug-likeness (QED) is 0.765. The average molecular weight is 424 g/mol. The Labute approximate surface area is 164 Å². The molecule has 1 fully saturated rings. The molecule has 0 heterocycles. The third-order valence-electron chi connectivity index (χ3n) is 4.06. The van der Waals surface area contributed by atoms with E-state index < -0.39 is 41.2 Å². The molecule has 156 valence electrons. The van der Waals surface area contributed by atoms with E-state index in [0.717, 1.165) is 12.1 Å². The van der Waals surface area contributed by atoms with Crippen LogP contribution in [-0.4, -0.2) is 35.1 Å². The second kappa shape index (κ2) is 7.79. The average Bonchev–Trinajstić information content (AvgIpc) is 2.47. The first-order valence-corrected chi connectivity index (χ1v) is 8.90. The van der Waals surface area contributed by atoms with E-state index in [1.54, 1.807) is 20.8 Å². The molecule has 1 aromatic rings. The van der Waals surface area contributed by atoms with E-state index in [-0.39, 0.29) is 23.4 Å². The van der Waals surface area contributed by atoms with Crippen molar-refractivity contribution in [1.82, 2.24) is 5.32 Å². The van der Waals surface area contributed by atoms with E-state index in [0.29, 0.717) is 6.42 Å². The summed E-state index contributed by atoms with van der Waals surface area (Å²) in [4.78, 5) is 25.2. The molecule has 10 heteroatoms. The van der Waals surface area contributed by atoms with Crippen molar-refractivity contribution >= 4 is 23.5 Å². The zero-order chi connectivity index (χ0) is 21.3. The number of halogens is 4. The van der Waals surface area contributed by atoms with Crippen LogP contribution in [0.5, 0.6) is 5.75 Å². The minimum absolute atomic E-state index is 0.0335. The van der Waals surface area contributed by atoms with Crippen molar-refractivity contribution in [2.45, 2.75) is 63.6 Å². The van der Waals surface area contributed by atoms with Gasteiger partial charge in [0.25, 0.3) is 0 Å². The number of carbonyl (C=O) groups excluding carboxylic acids is 2. The molecule has 0 bridgehead atoms. The predicted molar refractivity (Wildman–Crippen MR) is 94.0 cm³/mol.